The second-order valence-corrected chi connectivity index (χ2v) is 2.67. The molecule has 0 rings (SSSR count). The van der Waals surface area contributed by atoms with Crippen LogP contribution in [0.5, 0.6) is 0 Å². The molecule has 12 heavy (non-hydrogen) atoms. The van der Waals surface area contributed by atoms with E-state index in [0.717, 1.165) is 0 Å². The van der Waals surface area contributed by atoms with Gasteiger partial charge in [-0.25, -0.2) is 8.78 Å². The number of halogens is 2. The molecule has 0 heterocycles. The SMILES string of the molecule is CCC(O)CCCOCC(F)F. The number of hydrogen-bond donors (Lipinski definition) is 1. The molecule has 0 bridgehead atoms. The molecule has 0 fully saturated rings. The van der Waals surface area contributed by atoms with Gasteiger partial charge < -0.3 is 9.84 Å². The van der Waals surface area contributed by atoms with Crippen LogP contribution in [0.4, 0.5) is 8.78 Å². The van der Waals surface area contributed by atoms with Gasteiger partial charge in [-0.3, -0.25) is 0 Å². The van der Waals surface area contributed by atoms with E-state index in [4.69, 9.17) is 5.11 Å². The summed E-state index contributed by atoms with van der Waals surface area (Å²) in [6, 6.07) is 0. The predicted molar refractivity (Wildman–Crippen MR) is 42.4 cm³/mol. The molecule has 0 saturated heterocycles. The average Bonchev–Trinajstić information content (AvgIpc) is 2.03. The lowest BCUT2D eigenvalue weighted by atomic mass is 10.2. The van der Waals surface area contributed by atoms with Crippen molar-refractivity contribution in [1.29, 1.82) is 0 Å². The van der Waals surface area contributed by atoms with Crippen LogP contribution in [0.3, 0.4) is 0 Å². The second-order valence-electron chi connectivity index (χ2n) is 2.67. The highest BCUT2D eigenvalue weighted by Gasteiger charge is 2.02. The molecule has 4 heteroatoms. The third-order valence-corrected chi connectivity index (χ3v) is 1.54. The molecule has 2 nitrogen and oxygen atoms in total. The van der Waals surface area contributed by atoms with E-state index in [-0.39, 0.29) is 6.10 Å². The molecule has 0 amide bonds. The van der Waals surface area contributed by atoms with Gasteiger partial charge in [-0.15, -0.1) is 0 Å². The number of aliphatic hydroxyl groups excluding tert-OH is 1. The van der Waals surface area contributed by atoms with Crippen molar-refractivity contribution in [3.8, 4) is 0 Å². The van der Waals surface area contributed by atoms with E-state index in [1.54, 1.807) is 0 Å². The summed E-state index contributed by atoms with van der Waals surface area (Å²) in [6.07, 6.45) is -0.739. The van der Waals surface area contributed by atoms with E-state index in [2.05, 4.69) is 4.74 Å². The second kappa shape index (κ2) is 7.43. The van der Waals surface area contributed by atoms with Crippen LogP contribution in [0.15, 0.2) is 0 Å². The van der Waals surface area contributed by atoms with E-state index >= 15 is 0 Å². The highest BCUT2D eigenvalue weighted by molar-refractivity contribution is 4.51. The van der Waals surface area contributed by atoms with Crippen molar-refractivity contribution in [3.05, 3.63) is 0 Å². The summed E-state index contributed by atoms with van der Waals surface area (Å²) < 4.78 is 27.7. The quantitative estimate of drug-likeness (QED) is 0.608. The minimum absolute atomic E-state index is 0.307. The van der Waals surface area contributed by atoms with Gasteiger partial charge in [-0.2, -0.15) is 0 Å². The fourth-order valence-electron chi connectivity index (χ4n) is 0.798. The Labute approximate surface area is 71.5 Å². The molecule has 0 aromatic carbocycles. The molecule has 0 radical (unpaired) electrons. The summed E-state index contributed by atoms with van der Waals surface area (Å²) in [5, 5.41) is 9.06. The third kappa shape index (κ3) is 7.88. The molecule has 0 saturated carbocycles. The Hall–Kier alpha value is -0.220. The number of ether oxygens (including phenoxy) is 1. The summed E-state index contributed by atoms with van der Waals surface area (Å²) in [5.41, 5.74) is 0. The van der Waals surface area contributed by atoms with Crippen LogP contribution in [-0.2, 0) is 4.74 Å². The zero-order valence-electron chi connectivity index (χ0n) is 7.30. The summed E-state index contributed by atoms with van der Waals surface area (Å²) in [7, 11) is 0. The van der Waals surface area contributed by atoms with Crippen molar-refractivity contribution in [2.75, 3.05) is 13.2 Å². The van der Waals surface area contributed by atoms with E-state index < -0.39 is 13.0 Å². The molecular weight excluding hydrogens is 166 g/mol. The first-order chi connectivity index (χ1) is 5.66. The van der Waals surface area contributed by atoms with Crippen molar-refractivity contribution in [3.63, 3.8) is 0 Å². The lowest BCUT2D eigenvalue weighted by Crippen LogP contribution is -2.09. The fraction of sp³-hybridized carbons (Fsp3) is 1.00. The van der Waals surface area contributed by atoms with Gasteiger partial charge >= 0.3 is 0 Å². The Bertz CT molecular complexity index is 99.1. The molecule has 0 spiro atoms. The first-order valence-corrected chi connectivity index (χ1v) is 4.20. The lowest BCUT2D eigenvalue weighted by molar-refractivity contribution is 0.0131. The lowest BCUT2D eigenvalue weighted by Gasteiger charge is -2.07. The number of hydrogen-bond acceptors (Lipinski definition) is 2. The van der Waals surface area contributed by atoms with Gasteiger partial charge in [0.25, 0.3) is 6.43 Å². The van der Waals surface area contributed by atoms with Crippen molar-refractivity contribution >= 4 is 0 Å². The maximum absolute atomic E-state index is 11.5. The van der Waals surface area contributed by atoms with Crippen molar-refractivity contribution in [2.24, 2.45) is 0 Å². The van der Waals surface area contributed by atoms with Crippen molar-refractivity contribution < 1.29 is 18.6 Å². The summed E-state index contributed by atoms with van der Waals surface area (Å²) in [4.78, 5) is 0. The normalized spacial score (nSPS) is 13.8. The van der Waals surface area contributed by atoms with Crippen molar-refractivity contribution in [2.45, 2.75) is 38.7 Å². The minimum Gasteiger partial charge on any atom is -0.393 e. The third-order valence-electron chi connectivity index (χ3n) is 1.54. The van der Waals surface area contributed by atoms with Crippen molar-refractivity contribution in [1.82, 2.24) is 0 Å². The Balaban J connectivity index is 3.00. The zero-order chi connectivity index (χ0) is 9.40. The van der Waals surface area contributed by atoms with Gasteiger partial charge in [0, 0.05) is 6.61 Å². The van der Waals surface area contributed by atoms with E-state index in [1.807, 2.05) is 6.92 Å². The number of alkyl halides is 2. The average molecular weight is 182 g/mol. The largest absolute Gasteiger partial charge is 0.393 e. The maximum atomic E-state index is 11.5. The van der Waals surface area contributed by atoms with E-state index in [1.165, 1.54) is 0 Å². The van der Waals surface area contributed by atoms with Crippen LogP contribution in [0.2, 0.25) is 0 Å². The Morgan fingerprint density at radius 2 is 2.08 bits per heavy atom. The van der Waals surface area contributed by atoms with Crippen LogP contribution >= 0.6 is 0 Å². The maximum Gasteiger partial charge on any atom is 0.261 e. The van der Waals surface area contributed by atoms with Gasteiger partial charge in [-0.1, -0.05) is 6.92 Å². The van der Waals surface area contributed by atoms with Gasteiger partial charge in [0.05, 0.1) is 6.10 Å². The van der Waals surface area contributed by atoms with Gasteiger partial charge in [0.15, 0.2) is 0 Å². The Kier molecular flexibility index (Phi) is 7.29. The molecule has 0 aromatic rings. The standard InChI is InChI=1S/C8H16F2O2/c1-2-7(11)4-3-5-12-6-8(9)10/h7-8,11H,2-6H2,1H3. The van der Waals surface area contributed by atoms with E-state index in [9.17, 15) is 8.78 Å². The zero-order valence-corrected chi connectivity index (χ0v) is 7.30. The molecule has 0 aromatic heterocycles. The Morgan fingerprint density at radius 3 is 2.58 bits per heavy atom. The Morgan fingerprint density at radius 1 is 1.42 bits per heavy atom. The monoisotopic (exact) mass is 182 g/mol. The molecule has 0 aliphatic heterocycles. The molecule has 74 valence electrons. The van der Waals surface area contributed by atoms with Gasteiger partial charge in [-0.05, 0) is 19.3 Å². The van der Waals surface area contributed by atoms with Crippen LogP contribution in [0.1, 0.15) is 26.2 Å². The summed E-state index contributed by atoms with van der Waals surface area (Å²) >= 11 is 0. The van der Waals surface area contributed by atoms with Crippen LogP contribution in [-0.4, -0.2) is 30.8 Å². The molecule has 1 N–H and O–H groups in total. The first-order valence-electron chi connectivity index (χ1n) is 4.20. The smallest absolute Gasteiger partial charge is 0.261 e. The molecular formula is C8H16F2O2. The van der Waals surface area contributed by atoms with Crippen LogP contribution in [0.25, 0.3) is 0 Å². The first kappa shape index (κ1) is 11.8. The minimum atomic E-state index is -2.39. The predicted octanol–water partition coefficient (Wildman–Crippen LogP) is 1.82. The van der Waals surface area contributed by atoms with Crippen LogP contribution < -0.4 is 0 Å². The van der Waals surface area contributed by atoms with Gasteiger partial charge in [0.1, 0.15) is 6.61 Å². The van der Waals surface area contributed by atoms with E-state index in [0.29, 0.717) is 25.9 Å². The highest BCUT2D eigenvalue weighted by atomic mass is 19.3. The van der Waals surface area contributed by atoms with Gasteiger partial charge in [0.2, 0.25) is 0 Å². The summed E-state index contributed by atoms with van der Waals surface area (Å²) in [6.45, 7) is 1.69. The topological polar surface area (TPSA) is 29.5 Å². The molecule has 0 aliphatic rings. The number of rotatable bonds is 7. The fourth-order valence-corrected chi connectivity index (χ4v) is 0.798. The summed E-state index contributed by atoms with van der Waals surface area (Å²) in [5.74, 6) is 0. The molecule has 1 atom stereocenters. The molecule has 1 unspecified atom stereocenters. The van der Waals surface area contributed by atoms with Crippen LogP contribution in [0, 0.1) is 0 Å². The molecule has 0 aliphatic carbocycles. The number of aliphatic hydroxyl groups is 1. The highest BCUT2D eigenvalue weighted by Crippen LogP contribution is 2.01.